The quantitative estimate of drug-likeness (QED) is 0.910. The maximum atomic E-state index is 10.0. The SMILES string of the molecule is CN(C)C(c1nc(CN)cs1)c1cc(Cl)ccc1O. The average Bonchev–Trinajstić information content (AvgIpc) is 2.82. The van der Waals surface area contributed by atoms with Crippen molar-refractivity contribution in [2.24, 2.45) is 5.73 Å². The molecule has 19 heavy (non-hydrogen) atoms. The largest absolute Gasteiger partial charge is 0.508 e. The predicted molar refractivity (Wildman–Crippen MR) is 78.7 cm³/mol. The zero-order valence-electron chi connectivity index (χ0n) is 10.8. The van der Waals surface area contributed by atoms with E-state index in [1.165, 1.54) is 11.3 Å². The summed E-state index contributed by atoms with van der Waals surface area (Å²) in [5, 5.41) is 13.5. The molecular weight excluding hydrogens is 282 g/mol. The fraction of sp³-hybridized carbons (Fsp3) is 0.308. The Labute approximate surface area is 121 Å². The molecule has 0 aliphatic rings. The lowest BCUT2D eigenvalue weighted by atomic mass is 10.1. The van der Waals surface area contributed by atoms with Crippen molar-refractivity contribution in [2.45, 2.75) is 12.6 Å². The molecule has 6 heteroatoms. The van der Waals surface area contributed by atoms with Crippen molar-refractivity contribution in [1.29, 1.82) is 0 Å². The van der Waals surface area contributed by atoms with Crippen LogP contribution in [0.15, 0.2) is 23.6 Å². The van der Waals surface area contributed by atoms with Crippen molar-refractivity contribution in [3.05, 3.63) is 44.9 Å². The van der Waals surface area contributed by atoms with Gasteiger partial charge in [-0.3, -0.25) is 4.90 Å². The van der Waals surface area contributed by atoms with E-state index < -0.39 is 0 Å². The Morgan fingerprint density at radius 1 is 1.47 bits per heavy atom. The van der Waals surface area contributed by atoms with E-state index in [1.807, 2.05) is 24.4 Å². The third kappa shape index (κ3) is 3.06. The van der Waals surface area contributed by atoms with E-state index >= 15 is 0 Å². The smallest absolute Gasteiger partial charge is 0.120 e. The minimum atomic E-state index is -0.135. The minimum Gasteiger partial charge on any atom is -0.508 e. The van der Waals surface area contributed by atoms with Gasteiger partial charge in [0, 0.05) is 22.5 Å². The molecule has 2 rings (SSSR count). The predicted octanol–water partition coefficient (Wildman–Crippen LogP) is 2.61. The van der Waals surface area contributed by atoms with Crippen LogP contribution < -0.4 is 5.73 Å². The monoisotopic (exact) mass is 297 g/mol. The number of phenolic OH excluding ortho intramolecular Hbond substituents is 1. The number of nitrogens with zero attached hydrogens (tertiary/aromatic N) is 2. The van der Waals surface area contributed by atoms with Crippen LogP contribution in [0.4, 0.5) is 0 Å². The summed E-state index contributed by atoms with van der Waals surface area (Å²) in [4.78, 5) is 6.49. The van der Waals surface area contributed by atoms with Crippen LogP contribution in [0.1, 0.15) is 22.3 Å². The first-order valence-electron chi connectivity index (χ1n) is 5.82. The third-order valence-corrected chi connectivity index (χ3v) is 3.99. The molecule has 0 saturated heterocycles. The number of phenols is 1. The van der Waals surface area contributed by atoms with Gasteiger partial charge < -0.3 is 10.8 Å². The first kappa shape index (κ1) is 14.3. The van der Waals surface area contributed by atoms with Gasteiger partial charge >= 0.3 is 0 Å². The van der Waals surface area contributed by atoms with Crippen LogP contribution >= 0.6 is 22.9 Å². The first-order chi connectivity index (χ1) is 9.02. The van der Waals surface area contributed by atoms with Crippen molar-refractivity contribution in [3.63, 3.8) is 0 Å². The highest BCUT2D eigenvalue weighted by Gasteiger charge is 2.23. The van der Waals surface area contributed by atoms with Crippen LogP contribution in [-0.4, -0.2) is 29.1 Å². The summed E-state index contributed by atoms with van der Waals surface area (Å²) in [5.74, 6) is 0.215. The third-order valence-electron chi connectivity index (χ3n) is 2.81. The van der Waals surface area contributed by atoms with Crippen LogP contribution in [0, 0.1) is 0 Å². The Morgan fingerprint density at radius 3 is 2.79 bits per heavy atom. The van der Waals surface area contributed by atoms with E-state index in [0.717, 1.165) is 16.3 Å². The van der Waals surface area contributed by atoms with Gasteiger partial charge in [-0.1, -0.05) is 11.6 Å². The number of nitrogens with two attached hydrogens (primary N) is 1. The Hall–Kier alpha value is -1.14. The topological polar surface area (TPSA) is 62.4 Å². The van der Waals surface area contributed by atoms with E-state index in [0.29, 0.717) is 11.6 Å². The van der Waals surface area contributed by atoms with E-state index in [2.05, 4.69) is 4.98 Å². The molecule has 2 aromatic rings. The summed E-state index contributed by atoms with van der Waals surface area (Å²) in [6, 6.07) is 4.90. The van der Waals surface area contributed by atoms with Gasteiger partial charge in [-0.05, 0) is 32.3 Å². The van der Waals surface area contributed by atoms with E-state index in [9.17, 15) is 5.11 Å². The van der Waals surface area contributed by atoms with Gasteiger partial charge in [0.15, 0.2) is 0 Å². The minimum absolute atomic E-state index is 0.135. The van der Waals surface area contributed by atoms with Gasteiger partial charge in [0.25, 0.3) is 0 Å². The van der Waals surface area contributed by atoms with Crippen molar-refractivity contribution in [3.8, 4) is 5.75 Å². The van der Waals surface area contributed by atoms with Crippen LogP contribution in [0.2, 0.25) is 5.02 Å². The molecule has 1 atom stereocenters. The lowest BCUT2D eigenvalue weighted by Gasteiger charge is -2.23. The lowest BCUT2D eigenvalue weighted by Crippen LogP contribution is -2.21. The number of aromatic nitrogens is 1. The highest BCUT2D eigenvalue weighted by atomic mass is 35.5. The Bertz CT molecular complexity index is 571. The normalized spacial score (nSPS) is 12.9. The average molecular weight is 298 g/mol. The molecule has 3 N–H and O–H groups in total. The molecule has 1 unspecified atom stereocenters. The molecule has 0 amide bonds. The number of thiazole rings is 1. The molecule has 0 fully saturated rings. The number of benzene rings is 1. The van der Waals surface area contributed by atoms with E-state index in [-0.39, 0.29) is 11.8 Å². The molecule has 0 bridgehead atoms. The highest BCUT2D eigenvalue weighted by molar-refractivity contribution is 7.09. The van der Waals surface area contributed by atoms with Crippen LogP contribution in [0.5, 0.6) is 5.75 Å². The number of rotatable bonds is 4. The second-order valence-corrected chi connectivity index (χ2v) is 5.78. The molecule has 1 heterocycles. The molecule has 102 valence electrons. The molecule has 0 aliphatic heterocycles. The van der Waals surface area contributed by atoms with Gasteiger partial charge in [0.1, 0.15) is 10.8 Å². The molecule has 0 radical (unpaired) electrons. The fourth-order valence-corrected chi connectivity index (χ4v) is 3.14. The van der Waals surface area contributed by atoms with Crippen molar-refractivity contribution in [1.82, 2.24) is 9.88 Å². The van der Waals surface area contributed by atoms with E-state index in [4.69, 9.17) is 17.3 Å². The van der Waals surface area contributed by atoms with Gasteiger partial charge in [0.05, 0.1) is 11.7 Å². The molecule has 0 spiro atoms. The first-order valence-corrected chi connectivity index (χ1v) is 7.08. The van der Waals surface area contributed by atoms with Gasteiger partial charge in [-0.25, -0.2) is 4.98 Å². The lowest BCUT2D eigenvalue weighted by molar-refractivity contribution is 0.330. The fourth-order valence-electron chi connectivity index (χ4n) is 1.92. The maximum absolute atomic E-state index is 10.0. The zero-order valence-corrected chi connectivity index (χ0v) is 12.4. The van der Waals surface area contributed by atoms with Crippen molar-refractivity contribution >= 4 is 22.9 Å². The summed E-state index contributed by atoms with van der Waals surface area (Å²) >= 11 is 7.55. The standard InChI is InChI=1S/C13H16ClN3OS/c1-17(2)12(13-16-9(6-15)7-19-13)10-5-8(14)3-4-11(10)18/h3-5,7,12,18H,6,15H2,1-2H3. The van der Waals surface area contributed by atoms with Crippen LogP contribution in [0.25, 0.3) is 0 Å². The number of aromatic hydroxyl groups is 1. The Balaban J connectivity index is 2.48. The van der Waals surface area contributed by atoms with Crippen molar-refractivity contribution in [2.75, 3.05) is 14.1 Å². The highest BCUT2D eigenvalue weighted by Crippen LogP contribution is 2.35. The molecule has 1 aromatic carbocycles. The van der Waals surface area contributed by atoms with Crippen LogP contribution in [-0.2, 0) is 6.54 Å². The van der Waals surface area contributed by atoms with Crippen LogP contribution in [0.3, 0.4) is 0 Å². The van der Waals surface area contributed by atoms with E-state index in [1.54, 1.807) is 18.2 Å². The second kappa shape index (κ2) is 5.88. The number of hydrogen-bond acceptors (Lipinski definition) is 5. The maximum Gasteiger partial charge on any atom is 0.120 e. The Morgan fingerprint density at radius 2 is 2.21 bits per heavy atom. The zero-order chi connectivity index (χ0) is 14.0. The second-order valence-electron chi connectivity index (χ2n) is 4.45. The summed E-state index contributed by atoms with van der Waals surface area (Å²) in [5.41, 5.74) is 7.19. The van der Waals surface area contributed by atoms with Gasteiger partial charge in [-0.2, -0.15) is 0 Å². The van der Waals surface area contributed by atoms with Gasteiger partial charge in [0.2, 0.25) is 0 Å². The number of halogens is 1. The van der Waals surface area contributed by atoms with Crippen molar-refractivity contribution < 1.29 is 5.11 Å². The summed E-state index contributed by atoms with van der Waals surface area (Å²) in [7, 11) is 3.88. The molecule has 4 nitrogen and oxygen atoms in total. The number of hydrogen-bond donors (Lipinski definition) is 2. The summed E-state index contributed by atoms with van der Waals surface area (Å²) < 4.78 is 0. The summed E-state index contributed by atoms with van der Waals surface area (Å²) in [6.45, 7) is 0.415. The molecule has 1 aromatic heterocycles. The molecule has 0 aliphatic carbocycles. The molecule has 0 saturated carbocycles. The molecular formula is C13H16ClN3OS. The Kier molecular flexibility index (Phi) is 4.42. The van der Waals surface area contributed by atoms with Gasteiger partial charge in [-0.15, -0.1) is 11.3 Å². The summed E-state index contributed by atoms with van der Waals surface area (Å²) in [6.07, 6.45) is 0.